The van der Waals surface area contributed by atoms with Gasteiger partial charge in [0.1, 0.15) is 12.3 Å². The zero-order chi connectivity index (χ0) is 22.5. The van der Waals surface area contributed by atoms with Crippen LogP contribution in [0.15, 0.2) is 48.8 Å². The van der Waals surface area contributed by atoms with Crippen LogP contribution in [0.25, 0.3) is 11.4 Å². The van der Waals surface area contributed by atoms with Crippen molar-refractivity contribution in [1.82, 2.24) is 35.1 Å². The van der Waals surface area contributed by atoms with E-state index in [1.165, 1.54) is 16.8 Å². The maximum absolute atomic E-state index is 12.8. The summed E-state index contributed by atoms with van der Waals surface area (Å²) in [4.78, 5) is 6.02. The highest BCUT2D eigenvalue weighted by Crippen LogP contribution is 2.21. The molecule has 0 spiro atoms. The monoisotopic (exact) mass is 427 g/mol. The van der Waals surface area contributed by atoms with Crippen molar-refractivity contribution in [3.05, 3.63) is 71.5 Å². The SMILES string of the molecule is C=C/C(=C(/C)N(C)C)c1ccc(OCc2c(C)nnn2-c2ccc(C(F)F)cn2)nn1. The molecule has 3 rings (SSSR count). The second-order valence-electron chi connectivity index (χ2n) is 6.93. The van der Waals surface area contributed by atoms with Crippen molar-refractivity contribution in [2.45, 2.75) is 26.9 Å². The number of hydrogen-bond acceptors (Lipinski definition) is 7. The molecule has 31 heavy (non-hydrogen) atoms. The summed E-state index contributed by atoms with van der Waals surface area (Å²) in [5.74, 6) is 0.688. The van der Waals surface area contributed by atoms with E-state index >= 15 is 0 Å². The van der Waals surface area contributed by atoms with E-state index in [4.69, 9.17) is 4.74 Å². The quantitative estimate of drug-likeness (QED) is 0.506. The Hall–Kier alpha value is -3.69. The predicted molar refractivity (Wildman–Crippen MR) is 112 cm³/mol. The molecule has 162 valence electrons. The molecule has 0 saturated carbocycles. The number of alkyl halides is 2. The lowest BCUT2D eigenvalue weighted by atomic mass is 10.1. The van der Waals surface area contributed by atoms with Gasteiger partial charge in [-0.15, -0.1) is 15.3 Å². The van der Waals surface area contributed by atoms with Crippen molar-refractivity contribution in [3.8, 4) is 11.7 Å². The fourth-order valence-electron chi connectivity index (χ4n) is 2.74. The predicted octanol–water partition coefficient (Wildman–Crippen LogP) is 3.76. The van der Waals surface area contributed by atoms with Crippen LogP contribution in [0.4, 0.5) is 8.78 Å². The molecule has 0 aliphatic carbocycles. The number of aryl methyl sites for hydroxylation is 1. The van der Waals surface area contributed by atoms with Gasteiger partial charge in [-0.1, -0.05) is 17.9 Å². The maximum Gasteiger partial charge on any atom is 0.265 e. The second kappa shape index (κ2) is 9.41. The fraction of sp³-hybridized carbons (Fsp3) is 0.286. The third kappa shape index (κ3) is 4.90. The lowest BCUT2D eigenvalue weighted by Crippen LogP contribution is -2.11. The fourth-order valence-corrected chi connectivity index (χ4v) is 2.74. The number of aromatic nitrogens is 6. The number of hydrogen-bond donors (Lipinski definition) is 0. The molecule has 0 amide bonds. The second-order valence-corrected chi connectivity index (χ2v) is 6.93. The molecule has 0 unspecified atom stereocenters. The van der Waals surface area contributed by atoms with Crippen LogP contribution >= 0.6 is 0 Å². The highest BCUT2D eigenvalue weighted by Gasteiger charge is 2.15. The summed E-state index contributed by atoms with van der Waals surface area (Å²) in [6.45, 7) is 7.70. The maximum atomic E-state index is 12.8. The highest BCUT2D eigenvalue weighted by molar-refractivity contribution is 5.73. The normalized spacial score (nSPS) is 12.0. The van der Waals surface area contributed by atoms with E-state index in [0.717, 1.165) is 17.5 Å². The first-order valence-corrected chi connectivity index (χ1v) is 9.45. The van der Waals surface area contributed by atoms with Gasteiger partial charge in [0.25, 0.3) is 6.43 Å². The number of nitrogens with zero attached hydrogens (tertiary/aromatic N) is 7. The summed E-state index contributed by atoms with van der Waals surface area (Å²) >= 11 is 0. The molecule has 0 N–H and O–H groups in total. The van der Waals surface area contributed by atoms with Crippen LogP contribution in [0.2, 0.25) is 0 Å². The molecule has 0 fully saturated rings. The summed E-state index contributed by atoms with van der Waals surface area (Å²) in [6.07, 6.45) is 0.271. The zero-order valence-corrected chi connectivity index (χ0v) is 17.8. The highest BCUT2D eigenvalue weighted by atomic mass is 19.3. The van der Waals surface area contributed by atoms with E-state index in [-0.39, 0.29) is 12.2 Å². The standard InChI is InChI=1S/C21H23F2N7O/c1-6-16(14(3)29(4)5)17-8-10-20(27-26-17)31-12-18-13(2)25-28-30(18)19-9-7-15(11-24-19)21(22)23/h6-11,21H,1,12H2,2-5H3/b16-14+. The molecule has 0 atom stereocenters. The Balaban J connectivity index is 1.77. The summed E-state index contributed by atoms with van der Waals surface area (Å²) in [6, 6.07) is 6.29. The Labute approximate surface area is 178 Å². The molecule has 0 radical (unpaired) electrons. The van der Waals surface area contributed by atoms with E-state index in [0.29, 0.717) is 28.8 Å². The molecule has 0 bridgehead atoms. The summed E-state index contributed by atoms with van der Waals surface area (Å²) in [5, 5.41) is 16.4. The van der Waals surface area contributed by atoms with Gasteiger partial charge in [-0.2, -0.15) is 4.68 Å². The zero-order valence-electron chi connectivity index (χ0n) is 17.8. The molecule has 3 heterocycles. The van der Waals surface area contributed by atoms with Gasteiger partial charge in [0.2, 0.25) is 5.88 Å². The van der Waals surface area contributed by atoms with Crippen LogP contribution in [0.3, 0.4) is 0 Å². The van der Waals surface area contributed by atoms with Gasteiger partial charge in [-0.3, -0.25) is 0 Å². The van der Waals surface area contributed by atoms with Gasteiger partial charge in [0, 0.05) is 43.2 Å². The molecule has 0 aliphatic rings. The summed E-state index contributed by atoms with van der Waals surface area (Å²) < 4.78 is 32.7. The van der Waals surface area contributed by atoms with Crippen LogP contribution < -0.4 is 4.74 Å². The van der Waals surface area contributed by atoms with Gasteiger partial charge >= 0.3 is 0 Å². The van der Waals surface area contributed by atoms with Crippen molar-refractivity contribution in [3.63, 3.8) is 0 Å². The molecule has 10 heteroatoms. The lowest BCUT2D eigenvalue weighted by Gasteiger charge is -2.16. The number of halogens is 2. The van der Waals surface area contributed by atoms with Crippen LogP contribution in [0.1, 0.15) is 36.0 Å². The van der Waals surface area contributed by atoms with Crippen molar-refractivity contribution in [2.24, 2.45) is 0 Å². The molecule has 3 aromatic heterocycles. The van der Waals surface area contributed by atoms with Crippen molar-refractivity contribution >= 4 is 5.57 Å². The molecular formula is C21H23F2N7O. The van der Waals surface area contributed by atoms with Gasteiger partial charge in [-0.05, 0) is 32.0 Å². The number of pyridine rings is 1. The minimum Gasteiger partial charge on any atom is -0.470 e. The average molecular weight is 427 g/mol. The number of rotatable bonds is 8. The minimum atomic E-state index is -2.58. The first-order valence-electron chi connectivity index (χ1n) is 9.45. The van der Waals surface area contributed by atoms with Crippen molar-refractivity contribution in [2.75, 3.05) is 14.1 Å². The average Bonchev–Trinajstić information content (AvgIpc) is 3.13. The largest absolute Gasteiger partial charge is 0.470 e. The third-order valence-electron chi connectivity index (χ3n) is 4.73. The Bertz CT molecular complexity index is 1070. The van der Waals surface area contributed by atoms with E-state index in [2.05, 4.69) is 32.1 Å². The summed E-state index contributed by atoms with van der Waals surface area (Å²) in [7, 11) is 3.89. The Kier molecular flexibility index (Phi) is 6.68. The summed E-state index contributed by atoms with van der Waals surface area (Å²) in [5.41, 5.74) is 3.65. The number of ether oxygens (including phenoxy) is 1. The first kappa shape index (κ1) is 22.0. The molecule has 0 aromatic carbocycles. The van der Waals surface area contributed by atoms with E-state index in [9.17, 15) is 8.78 Å². The molecule has 8 nitrogen and oxygen atoms in total. The topological polar surface area (TPSA) is 81.9 Å². The van der Waals surface area contributed by atoms with Crippen LogP contribution in [0.5, 0.6) is 5.88 Å². The van der Waals surface area contributed by atoms with Crippen LogP contribution in [0, 0.1) is 6.92 Å². The molecule has 0 saturated heterocycles. The Morgan fingerprint density at radius 1 is 1.19 bits per heavy atom. The van der Waals surface area contributed by atoms with Crippen molar-refractivity contribution < 1.29 is 13.5 Å². The molecular weight excluding hydrogens is 404 g/mol. The van der Waals surface area contributed by atoms with Crippen molar-refractivity contribution in [1.29, 1.82) is 0 Å². The van der Waals surface area contributed by atoms with Crippen LogP contribution in [-0.4, -0.2) is 49.2 Å². The number of allylic oxidation sites excluding steroid dienone is 3. The smallest absolute Gasteiger partial charge is 0.265 e. The van der Waals surface area contributed by atoms with Gasteiger partial charge < -0.3 is 9.64 Å². The first-order chi connectivity index (χ1) is 14.8. The van der Waals surface area contributed by atoms with E-state index in [1.807, 2.05) is 25.9 Å². The Morgan fingerprint density at radius 3 is 2.52 bits per heavy atom. The van der Waals surface area contributed by atoms with Gasteiger partial charge in [0.15, 0.2) is 5.82 Å². The lowest BCUT2D eigenvalue weighted by molar-refractivity contribution is 0.151. The minimum absolute atomic E-state index is 0.103. The van der Waals surface area contributed by atoms with E-state index < -0.39 is 6.43 Å². The van der Waals surface area contributed by atoms with E-state index in [1.54, 1.807) is 25.1 Å². The van der Waals surface area contributed by atoms with Gasteiger partial charge in [0.05, 0.1) is 11.4 Å². The van der Waals surface area contributed by atoms with Gasteiger partial charge in [-0.25, -0.2) is 13.8 Å². The molecule has 0 aliphatic heterocycles. The molecule has 3 aromatic rings. The van der Waals surface area contributed by atoms with Crippen LogP contribution in [-0.2, 0) is 6.61 Å². The third-order valence-corrected chi connectivity index (χ3v) is 4.73. The Morgan fingerprint density at radius 2 is 1.97 bits per heavy atom.